The lowest BCUT2D eigenvalue weighted by Crippen LogP contribution is -2.63. The quantitative estimate of drug-likeness (QED) is 0.736. The second-order valence-corrected chi connectivity index (χ2v) is 3.43. The Hall–Kier alpha value is -1.60. The van der Waals surface area contributed by atoms with Crippen LogP contribution in [-0.4, -0.2) is 18.6 Å². The van der Waals surface area contributed by atoms with Gasteiger partial charge in [-0.2, -0.15) is 5.26 Å². The molecule has 1 aliphatic heterocycles. The third-order valence-electron chi connectivity index (χ3n) is 2.28. The van der Waals surface area contributed by atoms with Crippen LogP contribution in [0.25, 0.3) is 0 Å². The molecule has 72 valence electrons. The minimum atomic E-state index is -0.562. The summed E-state index contributed by atoms with van der Waals surface area (Å²) in [7, 11) is 0. The fourth-order valence-corrected chi connectivity index (χ4v) is 1.41. The topological polar surface area (TPSA) is 47.9 Å². The maximum absolute atomic E-state index is 12.8. The lowest BCUT2D eigenvalue weighted by Gasteiger charge is -2.37. The van der Waals surface area contributed by atoms with Crippen molar-refractivity contribution in [2.75, 3.05) is 18.4 Å². The molecule has 0 aromatic heterocycles. The van der Waals surface area contributed by atoms with E-state index in [0.717, 1.165) is 0 Å². The second-order valence-electron chi connectivity index (χ2n) is 3.43. The number of halogens is 1. The number of rotatable bonds is 2. The van der Waals surface area contributed by atoms with Crippen LogP contribution in [-0.2, 0) is 0 Å². The van der Waals surface area contributed by atoms with E-state index in [1.54, 1.807) is 12.1 Å². The molecule has 2 rings (SSSR count). The highest BCUT2D eigenvalue weighted by atomic mass is 19.1. The first-order valence-electron chi connectivity index (χ1n) is 4.40. The standard InChI is InChI=1S/C10H10FN3/c11-8-2-1-3-9(4-8)14-10(5-12)6-13-7-10/h1-4,13-14H,6-7H2. The maximum Gasteiger partial charge on any atom is 0.150 e. The van der Waals surface area contributed by atoms with Gasteiger partial charge in [-0.25, -0.2) is 4.39 Å². The lowest BCUT2D eigenvalue weighted by molar-refractivity contribution is 0.387. The van der Waals surface area contributed by atoms with Crippen LogP contribution in [0.15, 0.2) is 24.3 Å². The fourth-order valence-electron chi connectivity index (χ4n) is 1.41. The van der Waals surface area contributed by atoms with Gasteiger partial charge in [0.1, 0.15) is 11.4 Å². The fraction of sp³-hybridized carbons (Fsp3) is 0.300. The van der Waals surface area contributed by atoms with Gasteiger partial charge in [-0.05, 0) is 18.2 Å². The summed E-state index contributed by atoms with van der Waals surface area (Å²) in [6, 6.07) is 8.32. The molecule has 1 aromatic carbocycles. The van der Waals surface area contributed by atoms with Crippen molar-refractivity contribution in [1.29, 1.82) is 5.26 Å². The van der Waals surface area contributed by atoms with E-state index in [1.807, 2.05) is 0 Å². The first-order valence-corrected chi connectivity index (χ1v) is 4.40. The Labute approximate surface area is 81.5 Å². The van der Waals surface area contributed by atoms with Gasteiger partial charge >= 0.3 is 0 Å². The molecule has 1 fully saturated rings. The van der Waals surface area contributed by atoms with E-state index in [-0.39, 0.29) is 5.82 Å². The Balaban J connectivity index is 2.14. The Morgan fingerprint density at radius 3 is 2.79 bits per heavy atom. The van der Waals surface area contributed by atoms with E-state index in [4.69, 9.17) is 5.26 Å². The average molecular weight is 191 g/mol. The molecule has 1 heterocycles. The van der Waals surface area contributed by atoms with Crippen LogP contribution in [0.2, 0.25) is 0 Å². The molecule has 3 nitrogen and oxygen atoms in total. The van der Waals surface area contributed by atoms with Crippen molar-refractivity contribution in [3.8, 4) is 6.07 Å². The van der Waals surface area contributed by atoms with Crippen LogP contribution in [0.3, 0.4) is 0 Å². The first-order chi connectivity index (χ1) is 6.74. The van der Waals surface area contributed by atoms with Gasteiger partial charge in [0.2, 0.25) is 0 Å². The minimum absolute atomic E-state index is 0.296. The smallest absolute Gasteiger partial charge is 0.150 e. The lowest BCUT2D eigenvalue weighted by atomic mass is 9.94. The zero-order valence-corrected chi connectivity index (χ0v) is 7.55. The van der Waals surface area contributed by atoms with Gasteiger partial charge in [0.15, 0.2) is 0 Å². The Morgan fingerprint density at radius 1 is 1.50 bits per heavy atom. The molecule has 0 spiro atoms. The summed E-state index contributed by atoms with van der Waals surface area (Å²) in [4.78, 5) is 0. The van der Waals surface area contributed by atoms with E-state index in [1.165, 1.54) is 12.1 Å². The third kappa shape index (κ3) is 1.54. The van der Waals surface area contributed by atoms with Crippen molar-refractivity contribution in [3.05, 3.63) is 30.1 Å². The molecule has 4 heteroatoms. The molecule has 0 bridgehead atoms. The molecule has 2 N–H and O–H groups in total. The van der Waals surface area contributed by atoms with E-state index in [9.17, 15) is 4.39 Å². The predicted octanol–water partition coefficient (Wildman–Crippen LogP) is 1.10. The van der Waals surface area contributed by atoms with Crippen LogP contribution in [0.1, 0.15) is 0 Å². The van der Waals surface area contributed by atoms with E-state index in [0.29, 0.717) is 18.8 Å². The summed E-state index contributed by atoms with van der Waals surface area (Å²) >= 11 is 0. The maximum atomic E-state index is 12.8. The van der Waals surface area contributed by atoms with Crippen molar-refractivity contribution in [3.63, 3.8) is 0 Å². The van der Waals surface area contributed by atoms with E-state index < -0.39 is 5.54 Å². The number of nitriles is 1. The number of hydrogen-bond donors (Lipinski definition) is 2. The van der Waals surface area contributed by atoms with Gasteiger partial charge < -0.3 is 10.6 Å². The van der Waals surface area contributed by atoms with Gasteiger partial charge in [0.05, 0.1) is 6.07 Å². The van der Waals surface area contributed by atoms with Crippen LogP contribution < -0.4 is 10.6 Å². The van der Waals surface area contributed by atoms with Crippen molar-refractivity contribution in [2.24, 2.45) is 0 Å². The van der Waals surface area contributed by atoms with Gasteiger partial charge in [-0.15, -0.1) is 0 Å². The Kier molecular flexibility index (Phi) is 2.10. The summed E-state index contributed by atoms with van der Waals surface area (Å²) in [6.07, 6.45) is 0. The zero-order valence-electron chi connectivity index (χ0n) is 7.55. The SMILES string of the molecule is N#CC1(Nc2cccc(F)c2)CNC1. The Bertz CT molecular complexity index is 379. The molecule has 1 aromatic rings. The number of hydrogen-bond acceptors (Lipinski definition) is 3. The molecule has 0 amide bonds. The van der Waals surface area contributed by atoms with Crippen molar-refractivity contribution < 1.29 is 4.39 Å². The number of benzene rings is 1. The number of anilines is 1. The summed E-state index contributed by atoms with van der Waals surface area (Å²) < 4.78 is 12.8. The van der Waals surface area contributed by atoms with Gasteiger partial charge in [0, 0.05) is 18.8 Å². The monoisotopic (exact) mass is 191 g/mol. The predicted molar refractivity (Wildman–Crippen MR) is 51.2 cm³/mol. The molecule has 0 radical (unpaired) electrons. The number of nitrogens with one attached hydrogen (secondary N) is 2. The minimum Gasteiger partial charge on any atom is -0.365 e. The molecular weight excluding hydrogens is 181 g/mol. The van der Waals surface area contributed by atoms with Gasteiger partial charge in [-0.1, -0.05) is 6.07 Å². The third-order valence-corrected chi connectivity index (χ3v) is 2.28. The average Bonchev–Trinajstić information content (AvgIpc) is 2.11. The highest BCUT2D eigenvalue weighted by Gasteiger charge is 2.36. The molecule has 1 saturated heterocycles. The molecular formula is C10H10FN3. The summed E-state index contributed by atoms with van der Waals surface area (Å²) in [5.41, 5.74) is 0.0846. The molecule has 0 aliphatic carbocycles. The zero-order chi connectivity index (χ0) is 10.0. The highest BCUT2D eigenvalue weighted by molar-refractivity contribution is 5.49. The second kappa shape index (κ2) is 3.28. The van der Waals surface area contributed by atoms with Crippen molar-refractivity contribution in [1.82, 2.24) is 5.32 Å². The van der Waals surface area contributed by atoms with Crippen LogP contribution in [0, 0.1) is 17.1 Å². The summed E-state index contributed by atoms with van der Waals surface area (Å²) in [6.45, 7) is 1.19. The molecule has 0 atom stereocenters. The van der Waals surface area contributed by atoms with E-state index in [2.05, 4.69) is 16.7 Å². The van der Waals surface area contributed by atoms with E-state index >= 15 is 0 Å². The highest BCUT2D eigenvalue weighted by Crippen LogP contribution is 2.19. The largest absolute Gasteiger partial charge is 0.365 e. The first kappa shape index (κ1) is 8.97. The molecule has 0 unspecified atom stereocenters. The summed E-state index contributed by atoms with van der Waals surface area (Å²) in [5.74, 6) is -0.296. The summed E-state index contributed by atoms with van der Waals surface area (Å²) in [5, 5.41) is 14.9. The molecule has 14 heavy (non-hydrogen) atoms. The van der Waals surface area contributed by atoms with Crippen LogP contribution in [0.4, 0.5) is 10.1 Å². The van der Waals surface area contributed by atoms with Crippen molar-refractivity contribution in [2.45, 2.75) is 5.54 Å². The van der Waals surface area contributed by atoms with Crippen LogP contribution in [0.5, 0.6) is 0 Å². The molecule has 1 aliphatic rings. The van der Waals surface area contributed by atoms with Crippen LogP contribution >= 0.6 is 0 Å². The van der Waals surface area contributed by atoms with Crippen molar-refractivity contribution >= 4 is 5.69 Å². The van der Waals surface area contributed by atoms with Gasteiger partial charge in [-0.3, -0.25) is 0 Å². The van der Waals surface area contributed by atoms with Gasteiger partial charge in [0.25, 0.3) is 0 Å². The normalized spacial score (nSPS) is 18.0. The molecule has 0 saturated carbocycles. The number of nitrogens with zero attached hydrogens (tertiary/aromatic N) is 1. The Morgan fingerprint density at radius 2 is 2.29 bits per heavy atom.